The van der Waals surface area contributed by atoms with Gasteiger partial charge in [-0.05, 0) is 18.2 Å². The molecular weight excluding hydrogens is 361 g/mol. The van der Waals surface area contributed by atoms with Crippen molar-refractivity contribution >= 4 is 10.8 Å². The maximum Gasteiger partial charge on any atom is 0.314 e. The maximum absolute atomic E-state index is 14.3. The van der Waals surface area contributed by atoms with Gasteiger partial charge in [0.2, 0.25) is 5.89 Å². The second-order valence-corrected chi connectivity index (χ2v) is 5.54. The van der Waals surface area contributed by atoms with Crippen LogP contribution in [0.15, 0.2) is 53.3 Å². The Labute approximate surface area is 150 Å². The minimum Gasteiger partial charge on any atom is -0.487 e. The van der Waals surface area contributed by atoms with E-state index in [1.165, 1.54) is 6.20 Å². The van der Waals surface area contributed by atoms with Crippen LogP contribution in [0, 0.1) is 5.82 Å². The average molecular weight is 372 g/mol. The Bertz CT molecular complexity index is 1100. The number of benzene rings is 1. The zero-order valence-electron chi connectivity index (χ0n) is 13.6. The molecule has 0 aliphatic carbocycles. The van der Waals surface area contributed by atoms with Gasteiger partial charge in [0.05, 0.1) is 5.56 Å². The lowest BCUT2D eigenvalue weighted by Crippen LogP contribution is -2.02. The fraction of sp³-hybridized carbons (Fsp3) is 0.111. The number of rotatable bonds is 5. The Morgan fingerprint density at radius 2 is 2.00 bits per heavy atom. The Kier molecular flexibility index (Phi) is 4.41. The number of hydrogen-bond donors (Lipinski definition) is 0. The summed E-state index contributed by atoms with van der Waals surface area (Å²) in [6, 6.07) is 8.34. The first-order valence-corrected chi connectivity index (χ1v) is 7.83. The number of fused-ring (bicyclic) bond motifs is 1. The molecule has 136 valence electrons. The summed E-state index contributed by atoms with van der Waals surface area (Å²) >= 11 is 0. The van der Waals surface area contributed by atoms with Crippen molar-refractivity contribution < 1.29 is 22.3 Å². The SMILES string of the molecule is Fc1cc(-c2nnc(C(F)F)o2)cnc1COc1cccc2cnccc12. The number of hydrogen-bond acceptors (Lipinski definition) is 6. The van der Waals surface area contributed by atoms with Crippen molar-refractivity contribution in [3.8, 4) is 17.2 Å². The Balaban J connectivity index is 1.54. The molecule has 0 radical (unpaired) electrons. The van der Waals surface area contributed by atoms with E-state index in [2.05, 4.69) is 20.2 Å². The summed E-state index contributed by atoms with van der Waals surface area (Å²) in [6.45, 7) is -0.111. The highest BCUT2D eigenvalue weighted by molar-refractivity contribution is 5.87. The molecule has 0 saturated heterocycles. The van der Waals surface area contributed by atoms with Gasteiger partial charge < -0.3 is 9.15 Å². The van der Waals surface area contributed by atoms with Crippen LogP contribution in [0.4, 0.5) is 13.2 Å². The fourth-order valence-corrected chi connectivity index (χ4v) is 2.49. The standard InChI is InChI=1S/C18H11F3N4O2/c19-13-6-11(17-24-25-18(27-17)16(20)21)8-23-14(13)9-26-15-3-1-2-10-7-22-5-4-12(10)15/h1-8,16H,9H2. The topological polar surface area (TPSA) is 73.9 Å². The second kappa shape index (κ2) is 7.02. The van der Waals surface area contributed by atoms with Gasteiger partial charge in [0.15, 0.2) is 0 Å². The van der Waals surface area contributed by atoms with Gasteiger partial charge in [0.25, 0.3) is 5.89 Å². The van der Waals surface area contributed by atoms with Crippen LogP contribution in [0.1, 0.15) is 18.0 Å². The van der Waals surface area contributed by atoms with Gasteiger partial charge in [0, 0.05) is 29.4 Å². The van der Waals surface area contributed by atoms with Crippen LogP contribution in [0.2, 0.25) is 0 Å². The van der Waals surface area contributed by atoms with Crippen LogP contribution < -0.4 is 4.74 Å². The molecule has 0 fully saturated rings. The van der Waals surface area contributed by atoms with E-state index in [4.69, 9.17) is 9.15 Å². The number of halogens is 3. The third-order valence-corrected chi connectivity index (χ3v) is 3.80. The van der Waals surface area contributed by atoms with Crippen molar-refractivity contribution in [1.29, 1.82) is 0 Å². The van der Waals surface area contributed by atoms with E-state index in [0.29, 0.717) is 5.75 Å². The molecule has 0 amide bonds. The van der Waals surface area contributed by atoms with Crippen molar-refractivity contribution in [3.05, 3.63) is 66.3 Å². The van der Waals surface area contributed by atoms with E-state index in [1.54, 1.807) is 24.5 Å². The van der Waals surface area contributed by atoms with E-state index in [-0.39, 0.29) is 23.8 Å². The lowest BCUT2D eigenvalue weighted by atomic mass is 10.1. The summed E-state index contributed by atoms with van der Waals surface area (Å²) in [6.07, 6.45) is 1.71. The van der Waals surface area contributed by atoms with Crippen molar-refractivity contribution in [2.45, 2.75) is 13.0 Å². The molecule has 9 heteroatoms. The van der Waals surface area contributed by atoms with Crippen LogP contribution in [0.3, 0.4) is 0 Å². The molecule has 0 aliphatic heterocycles. The predicted octanol–water partition coefficient (Wildman–Crippen LogP) is 4.34. The Morgan fingerprint density at radius 1 is 1.11 bits per heavy atom. The molecule has 0 atom stereocenters. The molecule has 3 heterocycles. The van der Waals surface area contributed by atoms with E-state index < -0.39 is 18.1 Å². The Hall–Kier alpha value is -3.49. The first-order valence-electron chi connectivity index (χ1n) is 7.83. The molecule has 4 aromatic rings. The molecule has 6 nitrogen and oxygen atoms in total. The zero-order valence-corrected chi connectivity index (χ0v) is 13.6. The van der Waals surface area contributed by atoms with Gasteiger partial charge in [0.1, 0.15) is 23.9 Å². The zero-order chi connectivity index (χ0) is 18.8. The molecule has 0 N–H and O–H groups in total. The van der Waals surface area contributed by atoms with Crippen molar-refractivity contribution in [2.24, 2.45) is 0 Å². The highest BCUT2D eigenvalue weighted by atomic mass is 19.3. The minimum atomic E-state index is -2.90. The van der Waals surface area contributed by atoms with Gasteiger partial charge in [-0.1, -0.05) is 12.1 Å². The fourth-order valence-electron chi connectivity index (χ4n) is 2.49. The van der Waals surface area contributed by atoms with Gasteiger partial charge in [-0.25, -0.2) is 4.39 Å². The summed E-state index contributed by atoms with van der Waals surface area (Å²) in [5.74, 6) is -1.17. The minimum absolute atomic E-state index is 0.0541. The highest BCUT2D eigenvalue weighted by Gasteiger charge is 2.18. The summed E-state index contributed by atoms with van der Waals surface area (Å²) in [5, 5.41) is 8.40. The first-order chi connectivity index (χ1) is 13.1. The smallest absolute Gasteiger partial charge is 0.314 e. The van der Waals surface area contributed by atoms with Crippen molar-refractivity contribution in [2.75, 3.05) is 0 Å². The number of pyridine rings is 2. The van der Waals surface area contributed by atoms with Crippen molar-refractivity contribution in [3.63, 3.8) is 0 Å². The number of alkyl halides is 2. The second-order valence-electron chi connectivity index (χ2n) is 5.54. The van der Waals surface area contributed by atoms with Crippen LogP contribution in [-0.4, -0.2) is 20.2 Å². The molecule has 0 unspecified atom stereocenters. The van der Waals surface area contributed by atoms with Crippen LogP contribution in [0.25, 0.3) is 22.2 Å². The molecule has 3 aromatic heterocycles. The number of ether oxygens (including phenoxy) is 1. The molecule has 0 aliphatic rings. The summed E-state index contributed by atoms with van der Waals surface area (Å²) in [7, 11) is 0. The summed E-state index contributed by atoms with van der Waals surface area (Å²) < 4.78 is 49.8. The van der Waals surface area contributed by atoms with E-state index in [9.17, 15) is 13.2 Å². The third kappa shape index (κ3) is 3.43. The number of aromatic nitrogens is 4. The molecule has 0 spiro atoms. The summed E-state index contributed by atoms with van der Waals surface area (Å²) in [5.41, 5.74) is 0.158. The number of nitrogens with zero attached hydrogens (tertiary/aromatic N) is 4. The molecule has 4 rings (SSSR count). The largest absolute Gasteiger partial charge is 0.487 e. The van der Waals surface area contributed by atoms with Crippen molar-refractivity contribution in [1.82, 2.24) is 20.2 Å². The Morgan fingerprint density at radius 3 is 2.78 bits per heavy atom. The molecule has 1 aromatic carbocycles. The quantitative estimate of drug-likeness (QED) is 0.519. The first kappa shape index (κ1) is 17.0. The van der Waals surface area contributed by atoms with E-state index >= 15 is 0 Å². The third-order valence-electron chi connectivity index (χ3n) is 3.80. The maximum atomic E-state index is 14.3. The van der Waals surface area contributed by atoms with Crippen LogP contribution >= 0.6 is 0 Å². The van der Waals surface area contributed by atoms with Gasteiger partial charge in [-0.15, -0.1) is 10.2 Å². The molecular formula is C18H11F3N4O2. The lowest BCUT2D eigenvalue weighted by molar-refractivity contribution is 0.116. The van der Waals surface area contributed by atoms with Gasteiger partial charge in [-0.3, -0.25) is 9.97 Å². The lowest BCUT2D eigenvalue weighted by Gasteiger charge is -2.09. The predicted molar refractivity (Wildman–Crippen MR) is 88.5 cm³/mol. The van der Waals surface area contributed by atoms with Gasteiger partial charge >= 0.3 is 6.43 Å². The van der Waals surface area contributed by atoms with Crippen LogP contribution in [0.5, 0.6) is 5.75 Å². The van der Waals surface area contributed by atoms with Crippen LogP contribution in [-0.2, 0) is 6.61 Å². The average Bonchev–Trinajstić information content (AvgIpc) is 3.17. The molecule has 27 heavy (non-hydrogen) atoms. The highest BCUT2D eigenvalue weighted by Crippen LogP contribution is 2.26. The van der Waals surface area contributed by atoms with E-state index in [0.717, 1.165) is 16.8 Å². The normalized spacial score (nSPS) is 11.3. The molecule has 0 saturated carbocycles. The summed E-state index contributed by atoms with van der Waals surface area (Å²) in [4.78, 5) is 8.02. The van der Waals surface area contributed by atoms with Gasteiger partial charge in [-0.2, -0.15) is 8.78 Å². The monoisotopic (exact) mass is 372 g/mol. The van der Waals surface area contributed by atoms with E-state index in [1.807, 2.05) is 12.1 Å². The molecule has 0 bridgehead atoms.